The van der Waals surface area contributed by atoms with E-state index in [0.717, 1.165) is 44.7 Å². The van der Waals surface area contributed by atoms with Crippen molar-refractivity contribution in [2.24, 2.45) is 0 Å². The molecular formula is C24H44Br2I2N2O2. The zero-order valence-electron chi connectivity index (χ0n) is 20.9. The minimum absolute atomic E-state index is 0. The van der Waals surface area contributed by atoms with E-state index in [1.54, 1.807) is 0 Å². The number of halogens is 4. The summed E-state index contributed by atoms with van der Waals surface area (Å²) in [6.45, 7) is 24.9. The van der Waals surface area contributed by atoms with Crippen molar-refractivity contribution in [3.8, 4) is 11.5 Å². The standard InChI is InChI=1S/C24H44I2N2O2.2BrH/c1-7-27(8-2,9-3)15-13-17-29-23-19-22(26)24(20-21(23)25)30-18-14-16-28(10-4,11-5)12-6;;/h19-20H,7-18H2,1-6H3;2*1H/q+2;;/p-2. The molecule has 0 heterocycles. The number of benzene rings is 1. The van der Waals surface area contributed by atoms with Crippen LogP contribution in [0.2, 0.25) is 0 Å². The second kappa shape index (κ2) is 18.4. The van der Waals surface area contributed by atoms with Crippen molar-refractivity contribution >= 4 is 45.2 Å². The molecule has 4 nitrogen and oxygen atoms in total. The first-order valence-electron chi connectivity index (χ1n) is 11.8. The van der Waals surface area contributed by atoms with Crippen LogP contribution >= 0.6 is 45.2 Å². The van der Waals surface area contributed by atoms with Gasteiger partial charge in [-0.05, 0) is 98.9 Å². The van der Waals surface area contributed by atoms with Gasteiger partial charge in [0.1, 0.15) is 11.5 Å². The van der Waals surface area contributed by atoms with Crippen LogP contribution in [0.5, 0.6) is 11.5 Å². The molecule has 0 aliphatic heterocycles. The highest BCUT2D eigenvalue weighted by molar-refractivity contribution is 14.1. The molecule has 8 heteroatoms. The molecule has 0 fully saturated rings. The summed E-state index contributed by atoms with van der Waals surface area (Å²) >= 11 is 4.74. The summed E-state index contributed by atoms with van der Waals surface area (Å²) in [5, 5.41) is 0. The van der Waals surface area contributed by atoms with Gasteiger partial charge in [-0.2, -0.15) is 0 Å². The van der Waals surface area contributed by atoms with Crippen molar-refractivity contribution in [2.75, 3.05) is 65.6 Å². The Bertz CT molecular complexity index is 558. The first-order chi connectivity index (χ1) is 14.3. The average molecular weight is 806 g/mol. The van der Waals surface area contributed by atoms with E-state index in [-0.39, 0.29) is 34.0 Å². The Morgan fingerprint density at radius 1 is 0.594 bits per heavy atom. The van der Waals surface area contributed by atoms with E-state index < -0.39 is 0 Å². The molecule has 0 atom stereocenters. The normalized spacial score (nSPS) is 11.5. The van der Waals surface area contributed by atoms with E-state index in [4.69, 9.17) is 9.47 Å². The van der Waals surface area contributed by atoms with Gasteiger partial charge in [-0.1, -0.05) is 0 Å². The summed E-state index contributed by atoms with van der Waals surface area (Å²) in [5.74, 6) is 1.96. The maximum absolute atomic E-state index is 6.14. The molecule has 0 N–H and O–H groups in total. The molecule has 0 aliphatic rings. The van der Waals surface area contributed by atoms with Crippen LogP contribution in [-0.4, -0.2) is 74.5 Å². The molecule has 1 aromatic carbocycles. The number of ether oxygens (including phenoxy) is 2. The van der Waals surface area contributed by atoms with Crippen molar-refractivity contribution in [2.45, 2.75) is 54.4 Å². The summed E-state index contributed by atoms with van der Waals surface area (Å²) in [6, 6.07) is 4.26. The highest BCUT2D eigenvalue weighted by Gasteiger charge is 2.21. The number of quaternary nitrogens is 2. The molecule has 0 spiro atoms. The van der Waals surface area contributed by atoms with Crippen LogP contribution in [0.3, 0.4) is 0 Å². The Kier molecular flexibility index (Phi) is 20.3. The van der Waals surface area contributed by atoms with Gasteiger partial charge in [-0.3, -0.25) is 0 Å². The van der Waals surface area contributed by atoms with Crippen molar-refractivity contribution in [1.29, 1.82) is 0 Å². The van der Waals surface area contributed by atoms with Crippen LogP contribution in [0.1, 0.15) is 54.4 Å². The summed E-state index contributed by atoms with van der Waals surface area (Å²) in [6.07, 6.45) is 2.18. The smallest absolute Gasteiger partial charge is 0.133 e. The van der Waals surface area contributed by atoms with Gasteiger partial charge in [-0.15, -0.1) is 0 Å². The summed E-state index contributed by atoms with van der Waals surface area (Å²) < 4.78 is 16.9. The van der Waals surface area contributed by atoms with E-state index in [0.29, 0.717) is 0 Å². The SMILES string of the molecule is CC[N+](CC)(CC)CCCOc1cc(I)c(OCCC[N+](CC)(CC)CC)cc1I.[Br-].[Br-]. The van der Waals surface area contributed by atoms with E-state index in [2.05, 4.69) is 98.9 Å². The Morgan fingerprint density at radius 2 is 0.875 bits per heavy atom. The molecule has 0 amide bonds. The van der Waals surface area contributed by atoms with Gasteiger partial charge in [0.15, 0.2) is 0 Å². The lowest BCUT2D eigenvalue weighted by Gasteiger charge is -2.35. The summed E-state index contributed by atoms with van der Waals surface area (Å²) in [4.78, 5) is 0. The van der Waals surface area contributed by atoms with Gasteiger partial charge in [0.25, 0.3) is 0 Å². The molecular weight excluding hydrogens is 762 g/mol. The van der Waals surface area contributed by atoms with E-state index in [9.17, 15) is 0 Å². The quantitative estimate of drug-likeness (QED) is 0.135. The van der Waals surface area contributed by atoms with Crippen LogP contribution in [0.4, 0.5) is 0 Å². The molecule has 0 saturated heterocycles. The molecule has 0 unspecified atom stereocenters. The molecule has 0 aromatic heterocycles. The topological polar surface area (TPSA) is 18.5 Å². The average Bonchev–Trinajstić information content (AvgIpc) is 2.77. The monoisotopic (exact) mass is 804 g/mol. The molecule has 0 saturated carbocycles. The number of hydrogen-bond donors (Lipinski definition) is 0. The minimum atomic E-state index is 0. The van der Waals surface area contributed by atoms with Crippen LogP contribution in [0.25, 0.3) is 0 Å². The molecule has 0 radical (unpaired) electrons. The maximum Gasteiger partial charge on any atom is 0.133 e. The third kappa shape index (κ3) is 10.8. The van der Waals surface area contributed by atoms with Crippen LogP contribution < -0.4 is 43.4 Å². The van der Waals surface area contributed by atoms with Gasteiger partial charge in [0.05, 0.1) is 72.7 Å². The number of rotatable bonds is 16. The van der Waals surface area contributed by atoms with Crippen LogP contribution in [-0.2, 0) is 0 Å². The molecule has 1 rings (SSSR count). The Morgan fingerprint density at radius 3 is 1.12 bits per heavy atom. The van der Waals surface area contributed by atoms with Gasteiger partial charge in [0.2, 0.25) is 0 Å². The summed E-state index contributed by atoms with van der Waals surface area (Å²) in [7, 11) is 0. The lowest BCUT2D eigenvalue weighted by molar-refractivity contribution is -0.923. The molecule has 0 bridgehead atoms. The van der Waals surface area contributed by atoms with E-state index >= 15 is 0 Å². The molecule has 190 valence electrons. The van der Waals surface area contributed by atoms with Gasteiger partial charge >= 0.3 is 0 Å². The van der Waals surface area contributed by atoms with Gasteiger partial charge in [-0.25, -0.2) is 0 Å². The predicted octanol–water partition coefficient (Wildman–Crippen LogP) is 0.195. The Hall–Kier alpha value is 1.16. The van der Waals surface area contributed by atoms with Crippen LogP contribution in [0, 0.1) is 7.14 Å². The van der Waals surface area contributed by atoms with E-state index in [1.807, 2.05) is 0 Å². The lowest BCUT2D eigenvalue weighted by atomic mass is 10.3. The second-order valence-corrected chi connectivity index (χ2v) is 10.5. The fourth-order valence-electron chi connectivity index (χ4n) is 4.19. The second-order valence-electron chi connectivity index (χ2n) is 8.14. The van der Waals surface area contributed by atoms with Crippen LogP contribution in [0.15, 0.2) is 12.1 Å². The molecule has 32 heavy (non-hydrogen) atoms. The largest absolute Gasteiger partial charge is 1.00 e. The fourth-order valence-corrected chi connectivity index (χ4v) is 5.37. The minimum Gasteiger partial charge on any atom is -1.00 e. The number of hydrogen-bond acceptors (Lipinski definition) is 2. The highest BCUT2D eigenvalue weighted by atomic mass is 127. The zero-order valence-corrected chi connectivity index (χ0v) is 28.3. The highest BCUT2D eigenvalue weighted by Crippen LogP contribution is 2.31. The van der Waals surface area contributed by atoms with Crippen molar-refractivity contribution in [1.82, 2.24) is 0 Å². The summed E-state index contributed by atoms with van der Waals surface area (Å²) in [5.41, 5.74) is 0. The zero-order chi connectivity index (χ0) is 22.6. The first-order valence-corrected chi connectivity index (χ1v) is 13.9. The fraction of sp³-hybridized carbons (Fsp3) is 0.750. The van der Waals surface area contributed by atoms with Crippen molar-refractivity contribution < 1.29 is 52.4 Å². The van der Waals surface area contributed by atoms with Crippen molar-refractivity contribution in [3.63, 3.8) is 0 Å². The maximum atomic E-state index is 6.14. The number of nitrogens with zero attached hydrogens (tertiary/aromatic N) is 2. The lowest BCUT2D eigenvalue weighted by Crippen LogP contribution is -3.00. The Labute approximate surface area is 246 Å². The third-order valence-corrected chi connectivity index (χ3v) is 8.77. The first kappa shape index (κ1) is 35.3. The van der Waals surface area contributed by atoms with Crippen molar-refractivity contribution in [3.05, 3.63) is 19.3 Å². The third-order valence-electron chi connectivity index (χ3n) is 7.08. The predicted molar refractivity (Wildman–Crippen MR) is 146 cm³/mol. The van der Waals surface area contributed by atoms with E-state index in [1.165, 1.54) is 61.3 Å². The molecule has 0 aliphatic carbocycles. The Balaban J connectivity index is 0. The van der Waals surface area contributed by atoms with Gasteiger partial charge in [0, 0.05) is 12.8 Å². The molecule has 1 aromatic rings. The van der Waals surface area contributed by atoms with Gasteiger partial charge < -0.3 is 52.4 Å².